The van der Waals surface area contributed by atoms with Crippen LogP contribution in [0.2, 0.25) is 0 Å². The van der Waals surface area contributed by atoms with Gasteiger partial charge in [0.2, 0.25) is 0 Å². The Hall–Kier alpha value is -1.01. The second kappa shape index (κ2) is 10.2. The number of rotatable bonds is 10. The minimum Gasteiger partial charge on any atom is -0.383 e. The zero-order valence-corrected chi connectivity index (χ0v) is 19.7. The lowest BCUT2D eigenvalue weighted by Gasteiger charge is -2.25. The van der Waals surface area contributed by atoms with Crippen LogP contribution in [0.25, 0.3) is 11.2 Å². The summed E-state index contributed by atoms with van der Waals surface area (Å²) in [5.74, 6) is -0.670. The Labute approximate surface area is 188 Å². The quantitative estimate of drug-likeness (QED) is 0.148. The van der Waals surface area contributed by atoms with Gasteiger partial charge in [-0.05, 0) is 0 Å². The van der Waals surface area contributed by atoms with Gasteiger partial charge in [0.1, 0.15) is 24.6 Å². The van der Waals surface area contributed by atoms with Gasteiger partial charge in [-0.1, -0.05) is 0 Å². The number of phosphoric ester groups is 3. The van der Waals surface area contributed by atoms with Crippen molar-refractivity contribution < 1.29 is 75.7 Å². The summed E-state index contributed by atoms with van der Waals surface area (Å²) in [6.07, 6.45) is -5.51. The molecule has 1 saturated heterocycles. The molecular formula is C10H16N4O16P4. The number of phosphoric acid groups is 3. The van der Waals surface area contributed by atoms with E-state index in [4.69, 9.17) is 24.3 Å². The molecule has 0 amide bonds. The van der Waals surface area contributed by atoms with Crippen LogP contribution in [0.3, 0.4) is 0 Å². The molecule has 20 nitrogen and oxygen atoms in total. The summed E-state index contributed by atoms with van der Waals surface area (Å²) in [5, 5.41) is 0. The first kappa shape index (κ1) is 27.6. The van der Waals surface area contributed by atoms with Gasteiger partial charge in [0.25, 0.3) is 5.88 Å². The van der Waals surface area contributed by atoms with Crippen molar-refractivity contribution in [3.05, 3.63) is 12.7 Å². The first-order valence-corrected chi connectivity index (χ1v) is 14.2. The summed E-state index contributed by atoms with van der Waals surface area (Å²) in [4.78, 5) is 84.3. The van der Waals surface area contributed by atoms with E-state index in [1.807, 2.05) is 0 Å². The van der Waals surface area contributed by atoms with Crippen LogP contribution >= 0.6 is 32.1 Å². The molecule has 24 heteroatoms. The normalized spacial score (nSPS) is 24.3. The van der Waals surface area contributed by atoms with Crippen molar-refractivity contribution in [2.24, 2.45) is 0 Å². The third-order valence-corrected chi connectivity index (χ3v) is 5.79. The average molecular weight is 572 g/mol. The molecule has 2 aromatic heterocycles. The number of hydrogen-bond acceptors (Lipinski definition) is 13. The van der Waals surface area contributed by atoms with Crippen molar-refractivity contribution in [1.82, 2.24) is 19.5 Å². The number of ether oxygens (including phenoxy) is 1. The second-order valence-corrected chi connectivity index (χ2v) is 10.6. The SMILES string of the molecule is O=P(O)(O)Oc1ncnc2c1ncn2[C@@H]1O[C@H](COP(O)O)[C@@H](OP(=O)(O)O)[C@H]1OP(=O)(O)O. The first-order valence-electron chi connectivity index (χ1n) is 8.41. The van der Waals surface area contributed by atoms with Crippen molar-refractivity contribution in [3.8, 4) is 5.88 Å². The van der Waals surface area contributed by atoms with Crippen LogP contribution in [0.1, 0.15) is 6.23 Å². The van der Waals surface area contributed by atoms with Gasteiger partial charge in [0.15, 0.2) is 17.4 Å². The summed E-state index contributed by atoms with van der Waals surface area (Å²) in [5.41, 5.74) is -0.614. The number of nitrogens with zero attached hydrogens (tertiary/aromatic N) is 4. The van der Waals surface area contributed by atoms with Gasteiger partial charge >= 0.3 is 32.1 Å². The zero-order valence-electron chi connectivity index (χ0n) is 16.1. The molecule has 1 aliphatic heterocycles. The highest BCUT2D eigenvalue weighted by Crippen LogP contribution is 2.50. The van der Waals surface area contributed by atoms with E-state index in [-0.39, 0.29) is 11.2 Å². The Balaban J connectivity index is 2.07. The lowest BCUT2D eigenvalue weighted by molar-refractivity contribution is -0.0478. The molecule has 2 aromatic rings. The average Bonchev–Trinajstić information content (AvgIpc) is 3.19. The summed E-state index contributed by atoms with van der Waals surface area (Å²) in [6.45, 7) is -0.783. The van der Waals surface area contributed by atoms with Gasteiger partial charge in [-0.15, -0.1) is 0 Å². The van der Waals surface area contributed by atoms with E-state index in [0.29, 0.717) is 0 Å². The fourth-order valence-corrected chi connectivity index (χ4v) is 4.71. The summed E-state index contributed by atoms with van der Waals surface area (Å²) >= 11 is 0. The molecule has 0 aromatic carbocycles. The van der Waals surface area contributed by atoms with Crippen LogP contribution in [0.4, 0.5) is 0 Å². The van der Waals surface area contributed by atoms with Gasteiger partial charge < -0.3 is 43.1 Å². The lowest BCUT2D eigenvalue weighted by Crippen LogP contribution is -2.37. The second-order valence-electron chi connectivity index (χ2n) is 6.32. The Morgan fingerprint density at radius 1 is 0.941 bits per heavy atom. The predicted octanol–water partition coefficient (Wildman–Crippen LogP) is -1.62. The van der Waals surface area contributed by atoms with Crippen LogP contribution in [0.15, 0.2) is 12.7 Å². The smallest absolute Gasteiger partial charge is 0.383 e. The molecule has 0 radical (unpaired) electrons. The Morgan fingerprint density at radius 2 is 1.56 bits per heavy atom. The largest absolute Gasteiger partial charge is 0.526 e. The van der Waals surface area contributed by atoms with Gasteiger partial charge in [0.05, 0.1) is 12.9 Å². The summed E-state index contributed by atoms with van der Waals surface area (Å²) in [7, 11) is -18.7. The maximum absolute atomic E-state index is 11.6. The van der Waals surface area contributed by atoms with Crippen molar-refractivity contribution >= 4 is 43.2 Å². The summed E-state index contributed by atoms with van der Waals surface area (Å²) in [6, 6.07) is 0. The number of hydrogen-bond donors (Lipinski definition) is 8. The molecule has 0 saturated carbocycles. The van der Waals surface area contributed by atoms with Crippen LogP contribution in [0.5, 0.6) is 5.88 Å². The number of imidazole rings is 1. The summed E-state index contributed by atoms with van der Waals surface area (Å²) < 4.78 is 58.8. The molecule has 34 heavy (non-hydrogen) atoms. The first-order chi connectivity index (χ1) is 15.5. The molecule has 3 heterocycles. The van der Waals surface area contributed by atoms with Crippen LogP contribution in [-0.2, 0) is 32.0 Å². The lowest BCUT2D eigenvalue weighted by atomic mass is 10.1. The monoisotopic (exact) mass is 572 g/mol. The van der Waals surface area contributed by atoms with Crippen molar-refractivity contribution in [1.29, 1.82) is 0 Å². The minimum absolute atomic E-state index is 0.272. The van der Waals surface area contributed by atoms with Crippen LogP contribution < -0.4 is 4.52 Å². The molecule has 0 aliphatic carbocycles. The minimum atomic E-state index is -5.36. The van der Waals surface area contributed by atoms with Crippen LogP contribution in [-0.4, -0.2) is 83.6 Å². The number of fused-ring (bicyclic) bond motifs is 1. The van der Waals surface area contributed by atoms with Crippen molar-refractivity contribution in [3.63, 3.8) is 0 Å². The maximum Gasteiger partial charge on any atom is 0.526 e. The van der Waals surface area contributed by atoms with Gasteiger partial charge in [-0.3, -0.25) is 23.4 Å². The standard InChI is InChI=1S/C10H16N4O16P4/c15-31(16)26-1-4-6(28-32(17,18)19)7(29-33(20,21)22)10(27-4)14-3-13-5-8(14)11-2-12-9(5)30-34(23,24)25/h2-4,6-7,10,15-16H,1H2,(H2,17,18,19)(H2,20,21,22)(H2,23,24,25)/t4-,6-,7-,10-/m1/s1. The molecule has 4 atom stereocenters. The van der Waals surface area contributed by atoms with E-state index < -0.39 is 69.1 Å². The highest BCUT2D eigenvalue weighted by atomic mass is 31.2. The molecule has 1 fully saturated rings. The highest BCUT2D eigenvalue weighted by molar-refractivity contribution is 7.47. The van der Waals surface area contributed by atoms with Gasteiger partial charge in [-0.2, -0.15) is 4.98 Å². The Bertz CT molecular complexity index is 1160. The van der Waals surface area contributed by atoms with E-state index in [1.165, 1.54) is 0 Å². The van der Waals surface area contributed by atoms with E-state index in [1.54, 1.807) is 0 Å². The third-order valence-electron chi connectivity index (χ3n) is 3.96. The van der Waals surface area contributed by atoms with Crippen LogP contribution in [0, 0.1) is 0 Å². The topological polar surface area (TPSA) is 303 Å². The molecule has 1 aliphatic rings. The molecule has 8 N–H and O–H groups in total. The van der Waals surface area contributed by atoms with E-state index in [2.05, 4.69) is 33.0 Å². The fourth-order valence-electron chi connectivity index (χ4n) is 2.96. The molecule has 192 valence electrons. The highest BCUT2D eigenvalue weighted by Gasteiger charge is 2.53. The van der Waals surface area contributed by atoms with Crippen molar-refractivity contribution in [2.45, 2.75) is 24.5 Å². The fraction of sp³-hybridized carbons (Fsp3) is 0.500. The van der Waals surface area contributed by atoms with Gasteiger partial charge in [0, 0.05) is 0 Å². The molecule has 0 bridgehead atoms. The van der Waals surface area contributed by atoms with E-state index >= 15 is 0 Å². The molecular weight excluding hydrogens is 556 g/mol. The predicted molar refractivity (Wildman–Crippen MR) is 103 cm³/mol. The molecule has 0 unspecified atom stereocenters. The maximum atomic E-state index is 11.6. The van der Waals surface area contributed by atoms with E-state index in [9.17, 15) is 33.3 Å². The van der Waals surface area contributed by atoms with Crippen molar-refractivity contribution in [2.75, 3.05) is 6.61 Å². The number of aromatic nitrogens is 4. The van der Waals surface area contributed by atoms with Gasteiger partial charge in [-0.25, -0.2) is 23.7 Å². The molecule has 3 rings (SSSR count). The molecule has 0 spiro atoms. The Kier molecular flexibility index (Phi) is 8.24. The Morgan fingerprint density at radius 3 is 2.12 bits per heavy atom. The zero-order chi connectivity index (χ0) is 25.5. The van der Waals surface area contributed by atoms with E-state index in [0.717, 1.165) is 17.2 Å². The third kappa shape index (κ3) is 7.25.